The van der Waals surface area contributed by atoms with E-state index in [1.807, 2.05) is 19.2 Å². The summed E-state index contributed by atoms with van der Waals surface area (Å²) in [6, 6.07) is -0.361. The lowest BCUT2D eigenvalue weighted by Gasteiger charge is -2.38. The van der Waals surface area contributed by atoms with Crippen LogP contribution in [0, 0.1) is 12.8 Å². The second-order valence-electron chi connectivity index (χ2n) is 6.76. The van der Waals surface area contributed by atoms with Gasteiger partial charge in [0.15, 0.2) is 0 Å². The minimum atomic E-state index is -3.22. The summed E-state index contributed by atoms with van der Waals surface area (Å²) in [7, 11) is -3.22. The van der Waals surface area contributed by atoms with E-state index in [4.69, 9.17) is 0 Å². The van der Waals surface area contributed by atoms with Crippen LogP contribution in [-0.2, 0) is 10.0 Å². The number of urea groups is 1. The molecule has 1 aliphatic heterocycles. The molecule has 0 aromatic carbocycles. The normalized spacial score (nSPS) is 24.0. The van der Waals surface area contributed by atoms with Gasteiger partial charge in [-0.3, -0.25) is 0 Å². The molecular weight excluding hydrogens is 348 g/mol. The molecular formula is C15H24N4O3S2. The molecule has 7 nitrogen and oxygen atoms in total. The Labute approximate surface area is 147 Å². The fraction of sp³-hybridized carbons (Fsp3) is 0.733. The van der Waals surface area contributed by atoms with E-state index in [0.717, 1.165) is 23.5 Å². The first kappa shape index (κ1) is 17.6. The molecule has 1 aliphatic carbocycles. The van der Waals surface area contributed by atoms with Gasteiger partial charge in [-0.1, -0.05) is 0 Å². The largest absolute Gasteiger partial charge is 0.328 e. The molecule has 24 heavy (non-hydrogen) atoms. The van der Waals surface area contributed by atoms with Crippen molar-refractivity contribution in [3.63, 3.8) is 0 Å². The molecule has 1 saturated heterocycles. The first-order chi connectivity index (χ1) is 11.3. The van der Waals surface area contributed by atoms with Gasteiger partial charge in [0.05, 0.1) is 12.3 Å². The molecule has 1 aromatic rings. The van der Waals surface area contributed by atoms with Crippen molar-refractivity contribution in [1.29, 1.82) is 0 Å². The number of rotatable bonds is 4. The van der Waals surface area contributed by atoms with Crippen LogP contribution in [0.1, 0.15) is 36.5 Å². The number of nitrogens with zero attached hydrogens (tertiary/aromatic N) is 3. The van der Waals surface area contributed by atoms with Crippen molar-refractivity contribution in [3.8, 4) is 0 Å². The summed E-state index contributed by atoms with van der Waals surface area (Å²) < 4.78 is 24.9. The fourth-order valence-electron chi connectivity index (χ4n) is 3.17. The molecule has 2 fully saturated rings. The summed E-state index contributed by atoms with van der Waals surface area (Å²) in [6.45, 7) is 4.96. The number of sulfonamides is 1. The van der Waals surface area contributed by atoms with Crippen LogP contribution in [0.15, 0.2) is 5.38 Å². The second kappa shape index (κ2) is 6.61. The van der Waals surface area contributed by atoms with Crippen LogP contribution in [0.25, 0.3) is 0 Å². The topological polar surface area (TPSA) is 82.6 Å². The van der Waals surface area contributed by atoms with Crippen LogP contribution in [0.3, 0.4) is 0 Å². The molecule has 1 unspecified atom stereocenters. The Bertz CT molecular complexity index is 714. The van der Waals surface area contributed by atoms with E-state index in [1.165, 1.54) is 10.6 Å². The molecule has 2 heterocycles. The smallest absolute Gasteiger partial charge is 0.318 e. The van der Waals surface area contributed by atoms with Gasteiger partial charge >= 0.3 is 6.03 Å². The predicted octanol–water partition coefficient (Wildman–Crippen LogP) is 1.58. The Morgan fingerprint density at radius 3 is 2.62 bits per heavy atom. The van der Waals surface area contributed by atoms with Crippen molar-refractivity contribution in [1.82, 2.24) is 19.5 Å². The molecule has 3 rings (SSSR count). The number of hydrogen-bond acceptors (Lipinski definition) is 5. The van der Waals surface area contributed by atoms with Gasteiger partial charge in [-0.2, -0.15) is 4.31 Å². The third-order valence-electron chi connectivity index (χ3n) is 4.55. The second-order valence-corrected chi connectivity index (χ2v) is 9.59. The average Bonchev–Trinajstić information content (AvgIpc) is 3.24. The summed E-state index contributed by atoms with van der Waals surface area (Å²) in [5.41, 5.74) is 0.977. The molecule has 1 N–H and O–H groups in total. The molecule has 2 aliphatic rings. The number of hydrogen-bond donors (Lipinski definition) is 1. The number of nitrogens with one attached hydrogen (secondary N) is 1. The van der Waals surface area contributed by atoms with Crippen LogP contribution in [0.2, 0.25) is 0 Å². The van der Waals surface area contributed by atoms with Crippen LogP contribution < -0.4 is 5.32 Å². The van der Waals surface area contributed by atoms with Crippen LogP contribution in [-0.4, -0.2) is 60.6 Å². The number of aryl methyl sites for hydroxylation is 1. The Kier molecular flexibility index (Phi) is 4.85. The maximum Gasteiger partial charge on any atom is 0.318 e. The summed E-state index contributed by atoms with van der Waals surface area (Å²) in [6.07, 6.45) is 3.44. The maximum absolute atomic E-state index is 12.6. The maximum atomic E-state index is 12.6. The van der Waals surface area contributed by atoms with Gasteiger partial charge in [-0.15, -0.1) is 11.3 Å². The predicted molar refractivity (Wildman–Crippen MR) is 93.4 cm³/mol. The van der Waals surface area contributed by atoms with E-state index in [1.54, 1.807) is 16.2 Å². The highest BCUT2D eigenvalue weighted by molar-refractivity contribution is 7.88. The minimum Gasteiger partial charge on any atom is -0.328 e. The molecule has 0 spiro atoms. The number of piperazine rings is 1. The summed E-state index contributed by atoms with van der Waals surface area (Å²) >= 11 is 1.59. The Morgan fingerprint density at radius 1 is 1.42 bits per heavy atom. The van der Waals surface area contributed by atoms with E-state index in [9.17, 15) is 13.2 Å². The van der Waals surface area contributed by atoms with E-state index >= 15 is 0 Å². The summed E-state index contributed by atoms with van der Waals surface area (Å²) in [5, 5.41) is 6.09. The zero-order valence-corrected chi connectivity index (χ0v) is 15.9. The van der Waals surface area contributed by atoms with Crippen molar-refractivity contribution in [3.05, 3.63) is 16.1 Å². The van der Waals surface area contributed by atoms with Gasteiger partial charge < -0.3 is 10.2 Å². The van der Waals surface area contributed by atoms with E-state index in [-0.39, 0.29) is 18.1 Å². The highest BCUT2D eigenvalue weighted by atomic mass is 32.2. The quantitative estimate of drug-likeness (QED) is 0.870. The van der Waals surface area contributed by atoms with Gasteiger partial charge in [-0.25, -0.2) is 18.2 Å². The molecule has 2 atom stereocenters. The SMILES string of the molecule is Cc1csc(C(NC(=O)N2CCN(S(C)(=O)=O)[C@@H](C)C2)C2CC2)n1. The molecule has 9 heteroatoms. The van der Waals surface area contributed by atoms with Gasteiger partial charge in [-0.05, 0) is 32.6 Å². The Balaban J connectivity index is 1.64. The van der Waals surface area contributed by atoms with E-state index in [0.29, 0.717) is 25.6 Å². The lowest BCUT2D eigenvalue weighted by atomic mass is 10.2. The number of carbonyl (C=O) groups is 1. The van der Waals surface area contributed by atoms with Crippen molar-refractivity contribution < 1.29 is 13.2 Å². The number of amides is 2. The Hall–Kier alpha value is -1.19. The summed E-state index contributed by atoms with van der Waals surface area (Å²) in [4.78, 5) is 18.9. The van der Waals surface area contributed by atoms with Gasteiger partial charge in [0.1, 0.15) is 5.01 Å². The fourth-order valence-corrected chi connectivity index (χ4v) is 5.24. The lowest BCUT2D eigenvalue weighted by molar-refractivity contribution is 0.144. The molecule has 0 radical (unpaired) electrons. The molecule has 0 bridgehead atoms. The molecule has 2 amide bonds. The minimum absolute atomic E-state index is 0.0283. The average molecular weight is 373 g/mol. The first-order valence-corrected chi connectivity index (χ1v) is 10.9. The van der Waals surface area contributed by atoms with Crippen LogP contribution in [0.5, 0.6) is 0 Å². The highest BCUT2D eigenvalue weighted by Gasteiger charge is 2.37. The molecule has 1 aromatic heterocycles. The zero-order chi connectivity index (χ0) is 17.5. The molecule has 134 valence electrons. The third kappa shape index (κ3) is 3.89. The zero-order valence-electron chi connectivity index (χ0n) is 14.2. The highest BCUT2D eigenvalue weighted by Crippen LogP contribution is 2.42. The van der Waals surface area contributed by atoms with Gasteiger partial charge in [0.2, 0.25) is 10.0 Å². The first-order valence-electron chi connectivity index (χ1n) is 8.20. The third-order valence-corrected chi connectivity index (χ3v) is 7.00. The van der Waals surface area contributed by atoms with Gasteiger partial charge in [0, 0.05) is 36.8 Å². The van der Waals surface area contributed by atoms with Gasteiger partial charge in [0.25, 0.3) is 0 Å². The lowest BCUT2D eigenvalue weighted by Crippen LogP contribution is -2.57. The van der Waals surface area contributed by atoms with E-state index in [2.05, 4.69) is 10.3 Å². The van der Waals surface area contributed by atoms with Crippen molar-refractivity contribution in [2.75, 3.05) is 25.9 Å². The molecule has 1 saturated carbocycles. The van der Waals surface area contributed by atoms with Crippen molar-refractivity contribution in [2.45, 2.75) is 38.8 Å². The Morgan fingerprint density at radius 2 is 2.12 bits per heavy atom. The van der Waals surface area contributed by atoms with Crippen molar-refractivity contribution in [2.24, 2.45) is 5.92 Å². The number of thiazole rings is 1. The summed E-state index contributed by atoms with van der Waals surface area (Å²) in [5.74, 6) is 0.467. The van der Waals surface area contributed by atoms with Crippen molar-refractivity contribution >= 4 is 27.4 Å². The number of aromatic nitrogens is 1. The van der Waals surface area contributed by atoms with E-state index < -0.39 is 10.0 Å². The standard InChI is InChI=1S/C15H24N4O3S2/c1-10-9-23-14(16-10)13(12-4-5-12)17-15(20)18-6-7-19(11(2)8-18)24(3,21)22/h9,11-13H,4-8H2,1-3H3,(H,17,20)/t11-,13?/m0/s1. The monoisotopic (exact) mass is 372 g/mol. The number of carbonyl (C=O) groups excluding carboxylic acids is 1. The van der Waals surface area contributed by atoms with Crippen LogP contribution >= 0.6 is 11.3 Å². The van der Waals surface area contributed by atoms with Crippen LogP contribution in [0.4, 0.5) is 4.79 Å².